The number of rotatable bonds is 16. The standard InChI is InChI=1S/C52H70ClN15O5S/c1-6-67-40(11-19-58-67)37-9-7-36(8-10-37)39(59-48(70)41-29-38(69)33-66(41)49(71)46(34(2)3)68-32-35(4)60-61-68)13-20-62-25-27-65(28-26-62)50(72)52(73)16-23-64(24-17-52)47-45(53)42(12-18-55-47)74-44-31-56-43(30-57-44)63-21-14-51(5,54)15-22-63/h7-12,18-19,30-32,34,38-39,41,46,69,73H,6,13-17,20-29,33,54H2,1-5H3,(H,59,70)/t38-,39+,41+,46+/m1/s1. The molecule has 0 aliphatic carbocycles. The summed E-state index contributed by atoms with van der Waals surface area (Å²) in [6.07, 6.45) is 10.8. The molecule has 9 rings (SSSR count). The van der Waals surface area contributed by atoms with E-state index in [0.717, 1.165) is 60.0 Å². The minimum absolute atomic E-state index is 0.0373. The number of nitrogens with two attached hydrogens (primary N) is 1. The zero-order valence-electron chi connectivity index (χ0n) is 43.1. The van der Waals surface area contributed by atoms with E-state index in [-0.39, 0.29) is 55.0 Å². The van der Waals surface area contributed by atoms with Crippen LogP contribution >= 0.6 is 23.4 Å². The van der Waals surface area contributed by atoms with E-state index in [1.165, 1.54) is 16.7 Å². The van der Waals surface area contributed by atoms with Gasteiger partial charge in [0.2, 0.25) is 11.8 Å². The van der Waals surface area contributed by atoms with Gasteiger partial charge in [-0.25, -0.2) is 19.6 Å². The fraction of sp³-hybridized carbons (Fsp3) is 0.558. The summed E-state index contributed by atoms with van der Waals surface area (Å²) >= 11 is 8.40. The second kappa shape index (κ2) is 22.6. The molecule has 0 saturated carbocycles. The molecule has 4 aliphatic rings. The van der Waals surface area contributed by atoms with Crippen molar-refractivity contribution in [2.24, 2.45) is 11.7 Å². The van der Waals surface area contributed by atoms with Gasteiger partial charge in [-0.15, -0.1) is 5.10 Å². The summed E-state index contributed by atoms with van der Waals surface area (Å²) in [7, 11) is 0. The number of β-amino-alcohol motifs (C(OH)–C–C–N with tert-alkyl or cyclic N) is 1. The molecule has 5 N–H and O–H groups in total. The van der Waals surface area contributed by atoms with Crippen molar-refractivity contribution in [3.63, 3.8) is 0 Å². The molecule has 0 unspecified atom stereocenters. The number of aliphatic hydroxyl groups is 2. The summed E-state index contributed by atoms with van der Waals surface area (Å²) in [5, 5.41) is 39.9. The molecule has 1 aromatic carbocycles. The maximum Gasteiger partial charge on any atom is 0.254 e. The highest BCUT2D eigenvalue weighted by Crippen LogP contribution is 2.39. The van der Waals surface area contributed by atoms with Gasteiger partial charge in [-0.1, -0.05) is 66.7 Å². The van der Waals surface area contributed by atoms with Crippen LogP contribution in [0.2, 0.25) is 5.02 Å². The fourth-order valence-electron chi connectivity index (χ4n) is 10.7. The average Bonchev–Trinajstić information content (AvgIpc) is 4.16. The van der Waals surface area contributed by atoms with Crippen molar-refractivity contribution < 1.29 is 24.6 Å². The largest absolute Gasteiger partial charge is 0.391 e. The number of halogens is 1. The first kappa shape index (κ1) is 53.1. The van der Waals surface area contributed by atoms with Crippen LogP contribution < -0.4 is 20.9 Å². The number of aryl methyl sites for hydroxylation is 2. The predicted octanol–water partition coefficient (Wildman–Crippen LogP) is 4.36. The molecule has 396 valence electrons. The van der Waals surface area contributed by atoms with Crippen LogP contribution in [0, 0.1) is 12.8 Å². The summed E-state index contributed by atoms with van der Waals surface area (Å²) in [4.78, 5) is 67.2. The number of nitrogens with zero attached hydrogens (tertiary/aromatic N) is 13. The smallest absolute Gasteiger partial charge is 0.254 e. The lowest BCUT2D eigenvalue weighted by Gasteiger charge is -2.43. The number of carbonyl (C=O) groups excluding carboxylic acids is 3. The van der Waals surface area contributed by atoms with Gasteiger partial charge < -0.3 is 40.9 Å². The van der Waals surface area contributed by atoms with Crippen molar-refractivity contribution in [3.8, 4) is 11.3 Å². The van der Waals surface area contributed by atoms with Crippen LogP contribution in [-0.2, 0) is 20.9 Å². The van der Waals surface area contributed by atoms with Crippen LogP contribution in [0.15, 0.2) is 77.3 Å². The van der Waals surface area contributed by atoms with Crippen molar-refractivity contribution in [2.45, 2.75) is 125 Å². The monoisotopic (exact) mass is 1050 g/mol. The molecule has 0 bridgehead atoms. The Kier molecular flexibility index (Phi) is 16.3. The Hall–Kier alpha value is -5.71. The number of benzene rings is 1. The first-order valence-corrected chi connectivity index (χ1v) is 27.2. The number of piperidine rings is 2. The summed E-state index contributed by atoms with van der Waals surface area (Å²) in [5.41, 5.74) is 8.22. The van der Waals surface area contributed by atoms with E-state index in [1.54, 1.807) is 40.6 Å². The number of amides is 3. The molecule has 4 atom stereocenters. The molecule has 4 saturated heterocycles. The Morgan fingerprint density at radius 2 is 1.64 bits per heavy atom. The molecule has 4 fully saturated rings. The Morgan fingerprint density at radius 1 is 0.919 bits per heavy atom. The van der Waals surface area contributed by atoms with Gasteiger partial charge in [0.25, 0.3) is 5.91 Å². The first-order valence-electron chi connectivity index (χ1n) is 26.0. The zero-order valence-corrected chi connectivity index (χ0v) is 44.6. The molecule has 8 heterocycles. The van der Waals surface area contributed by atoms with E-state index in [2.05, 4.69) is 52.4 Å². The number of anilines is 2. The minimum atomic E-state index is -1.52. The molecule has 3 amide bonds. The molecular weight excluding hydrogens is 982 g/mol. The topological polar surface area (TPSA) is 233 Å². The molecular formula is C52H70ClN15O5S. The lowest BCUT2D eigenvalue weighted by Crippen LogP contribution is -2.59. The quantitative estimate of drug-likeness (QED) is 0.108. The van der Waals surface area contributed by atoms with Crippen LogP contribution in [-0.4, -0.2) is 171 Å². The van der Waals surface area contributed by atoms with Crippen LogP contribution in [0.5, 0.6) is 0 Å². The number of hydrogen-bond donors (Lipinski definition) is 4. The normalized spacial score (nSPS) is 21.0. The number of carbonyl (C=O) groups is 3. The Labute approximate surface area is 442 Å². The van der Waals surface area contributed by atoms with E-state index in [4.69, 9.17) is 17.3 Å². The maximum atomic E-state index is 14.4. The van der Waals surface area contributed by atoms with E-state index in [9.17, 15) is 24.6 Å². The lowest BCUT2D eigenvalue weighted by molar-refractivity contribution is -0.155. The molecule has 20 nitrogen and oxygen atoms in total. The highest BCUT2D eigenvalue weighted by Gasteiger charge is 2.45. The second-order valence-electron chi connectivity index (χ2n) is 21.0. The number of hydrogen-bond acceptors (Lipinski definition) is 16. The van der Waals surface area contributed by atoms with Crippen LogP contribution in [0.3, 0.4) is 0 Å². The Balaban J connectivity index is 0.806. The van der Waals surface area contributed by atoms with E-state index in [1.807, 2.05) is 73.7 Å². The number of nitrogens with one attached hydrogen (secondary N) is 1. The lowest BCUT2D eigenvalue weighted by atomic mass is 9.89. The van der Waals surface area contributed by atoms with Gasteiger partial charge in [0.05, 0.1) is 40.9 Å². The summed E-state index contributed by atoms with van der Waals surface area (Å²) in [5.74, 6) is 0.380. The third-order valence-corrected chi connectivity index (χ3v) is 16.6. The van der Waals surface area contributed by atoms with Gasteiger partial charge in [0.15, 0.2) is 0 Å². The maximum absolute atomic E-state index is 14.4. The van der Waals surface area contributed by atoms with Crippen molar-refractivity contribution in [1.29, 1.82) is 0 Å². The third kappa shape index (κ3) is 11.9. The molecule has 74 heavy (non-hydrogen) atoms. The highest BCUT2D eigenvalue weighted by molar-refractivity contribution is 7.99. The van der Waals surface area contributed by atoms with E-state index >= 15 is 0 Å². The SMILES string of the molecule is CCn1nccc1-c1ccc([C@H](CCN2CCN(C(=O)C3(O)CCN(c4nccc(Sc5cnc(N6CCC(C)(N)CC6)cn5)c4Cl)CC3)CC2)NC(=O)[C@@H]2C[C@@H](O)CN2C(=O)[C@H](C(C)C)n2cc(C)nn2)cc1. The molecule has 0 spiro atoms. The number of pyridine rings is 1. The van der Waals surface area contributed by atoms with Gasteiger partial charge in [0, 0.05) is 120 Å². The highest BCUT2D eigenvalue weighted by atomic mass is 35.5. The van der Waals surface area contributed by atoms with Gasteiger partial charge in [-0.05, 0) is 69.2 Å². The van der Waals surface area contributed by atoms with Crippen LogP contribution in [0.4, 0.5) is 11.6 Å². The van der Waals surface area contributed by atoms with Gasteiger partial charge in [-0.3, -0.25) is 24.0 Å². The van der Waals surface area contributed by atoms with E-state index < -0.39 is 29.8 Å². The van der Waals surface area contributed by atoms with Gasteiger partial charge in [-0.2, -0.15) is 5.10 Å². The summed E-state index contributed by atoms with van der Waals surface area (Å²) in [6.45, 7) is 15.7. The van der Waals surface area contributed by atoms with Crippen molar-refractivity contribution in [3.05, 3.63) is 83.7 Å². The second-order valence-corrected chi connectivity index (χ2v) is 22.4. The Morgan fingerprint density at radius 3 is 2.28 bits per heavy atom. The molecule has 5 aromatic rings. The molecule has 4 aromatic heterocycles. The van der Waals surface area contributed by atoms with Crippen LogP contribution in [0.25, 0.3) is 11.3 Å². The van der Waals surface area contributed by atoms with Crippen molar-refractivity contribution in [1.82, 2.24) is 59.7 Å². The first-order chi connectivity index (χ1) is 35.5. The molecule has 4 aliphatic heterocycles. The van der Waals surface area contributed by atoms with Crippen molar-refractivity contribution in [2.75, 3.05) is 75.2 Å². The van der Waals surface area contributed by atoms with Gasteiger partial charge >= 0.3 is 0 Å². The zero-order chi connectivity index (χ0) is 52.3. The third-order valence-electron chi connectivity index (χ3n) is 15.2. The number of aliphatic hydroxyl groups excluding tert-OH is 1. The molecule has 0 radical (unpaired) electrons. The number of likely N-dealkylation sites (tertiary alicyclic amines) is 1. The van der Waals surface area contributed by atoms with E-state index in [0.29, 0.717) is 73.8 Å². The molecule has 22 heteroatoms. The summed E-state index contributed by atoms with van der Waals surface area (Å²) in [6, 6.07) is 9.93. The minimum Gasteiger partial charge on any atom is -0.391 e. The Bertz CT molecular complexity index is 2730. The number of piperazine rings is 1. The number of aromatic nitrogens is 8. The summed E-state index contributed by atoms with van der Waals surface area (Å²) < 4.78 is 3.48. The van der Waals surface area contributed by atoms with Gasteiger partial charge in [0.1, 0.15) is 34.3 Å². The van der Waals surface area contributed by atoms with Crippen molar-refractivity contribution >= 4 is 52.7 Å². The van der Waals surface area contributed by atoms with Crippen LogP contribution in [0.1, 0.15) is 89.6 Å². The fourth-order valence-corrected chi connectivity index (χ4v) is 11.8. The average molecular weight is 1050 g/mol. The predicted molar refractivity (Wildman–Crippen MR) is 282 cm³/mol.